The summed E-state index contributed by atoms with van der Waals surface area (Å²) in [5.74, 6) is 0.920. The van der Waals surface area contributed by atoms with E-state index in [-0.39, 0.29) is 0 Å². The average Bonchev–Trinajstić information content (AvgIpc) is 2.41. The molecular formula is C15H25NO2. The molecule has 3 nitrogen and oxygen atoms in total. The summed E-state index contributed by atoms with van der Waals surface area (Å²) in [6.45, 7) is 5.00. The summed E-state index contributed by atoms with van der Waals surface area (Å²) in [6, 6.07) is 8.21. The molecule has 0 aliphatic heterocycles. The molecule has 0 radical (unpaired) electrons. The van der Waals surface area contributed by atoms with Crippen molar-refractivity contribution in [3.63, 3.8) is 0 Å². The molecule has 3 heteroatoms. The van der Waals surface area contributed by atoms with Gasteiger partial charge in [0.2, 0.25) is 0 Å². The highest BCUT2D eigenvalue weighted by atomic mass is 16.5. The van der Waals surface area contributed by atoms with Crippen LogP contribution in [0, 0.1) is 0 Å². The topological polar surface area (TPSA) is 44.5 Å². The molecule has 1 aromatic carbocycles. The minimum atomic E-state index is 0.615. The van der Waals surface area contributed by atoms with E-state index in [2.05, 4.69) is 19.1 Å². The van der Waals surface area contributed by atoms with Gasteiger partial charge in [-0.15, -0.1) is 0 Å². The fourth-order valence-electron chi connectivity index (χ4n) is 1.66. The molecule has 0 unspecified atom stereocenters. The van der Waals surface area contributed by atoms with Gasteiger partial charge in [0.15, 0.2) is 0 Å². The van der Waals surface area contributed by atoms with Gasteiger partial charge in [-0.1, -0.05) is 25.5 Å². The minimum Gasteiger partial charge on any atom is -0.491 e. The van der Waals surface area contributed by atoms with Crippen LogP contribution in [-0.2, 0) is 11.2 Å². The first kappa shape index (κ1) is 15.0. The third kappa shape index (κ3) is 6.62. The van der Waals surface area contributed by atoms with Crippen molar-refractivity contribution in [2.75, 3.05) is 26.4 Å². The summed E-state index contributed by atoms with van der Waals surface area (Å²) in [6.07, 6.45) is 4.32. The Morgan fingerprint density at radius 1 is 1.11 bits per heavy atom. The molecule has 0 spiro atoms. The number of unbranched alkanes of at least 4 members (excludes halogenated alkanes) is 1. The molecule has 2 N–H and O–H groups in total. The third-order valence-corrected chi connectivity index (χ3v) is 2.71. The predicted molar refractivity (Wildman–Crippen MR) is 75.0 cm³/mol. The van der Waals surface area contributed by atoms with Crippen LogP contribution in [0.3, 0.4) is 0 Å². The molecular weight excluding hydrogens is 226 g/mol. The molecule has 0 heterocycles. The second-order valence-electron chi connectivity index (χ2n) is 4.35. The average molecular weight is 251 g/mol. The Morgan fingerprint density at radius 3 is 2.78 bits per heavy atom. The first-order chi connectivity index (χ1) is 8.86. The van der Waals surface area contributed by atoms with Gasteiger partial charge in [-0.25, -0.2) is 0 Å². The van der Waals surface area contributed by atoms with Crippen LogP contribution >= 0.6 is 0 Å². The highest BCUT2D eigenvalue weighted by Gasteiger charge is 1.97. The maximum atomic E-state index is 5.65. The molecule has 0 fully saturated rings. The largest absolute Gasteiger partial charge is 0.491 e. The van der Waals surface area contributed by atoms with Crippen molar-refractivity contribution in [2.24, 2.45) is 5.73 Å². The fourth-order valence-corrected chi connectivity index (χ4v) is 1.66. The quantitative estimate of drug-likeness (QED) is 0.650. The van der Waals surface area contributed by atoms with Gasteiger partial charge in [0, 0.05) is 6.61 Å². The van der Waals surface area contributed by atoms with Gasteiger partial charge in [0.1, 0.15) is 12.4 Å². The second-order valence-corrected chi connectivity index (χ2v) is 4.35. The van der Waals surface area contributed by atoms with Crippen molar-refractivity contribution in [2.45, 2.75) is 32.6 Å². The monoisotopic (exact) mass is 251 g/mol. The van der Waals surface area contributed by atoms with E-state index in [1.807, 2.05) is 12.1 Å². The van der Waals surface area contributed by atoms with Crippen molar-refractivity contribution < 1.29 is 9.47 Å². The molecule has 0 bridgehead atoms. The minimum absolute atomic E-state index is 0.615. The van der Waals surface area contributed by atoms with E-state index in [1.165, 1.54) is 12.0 Å². The Labute approximate surface area is 110 Å². The Hall–Kier alpha value is -1.06. The fraction of sp³-hybridized carbons (Fsp3) is 0.600. The van der Waals surface area contributed by atoms with Gasteiger partial charge >= 0.3 is 0 Å². The zero-order valence-corrected chi connectivity index (χ0v) is 11.4. The van der Waals surface area contributed by atoms with Crippen LogP contribution in [0.5, 0.6) is 5.75 Å². The second kappa shape index (κ2) is 9.92. The van der Waals surface area contributed by atoms with Crippen molar-refractivity contribution in [1.82, 2.24) is 0 Å². The predicted octanol–water partition coefficient (Wildman–Crippen LogP) is 2.77. The molecule has 0 saturated heterocycles. The molecule has 0 aromatic heterocycles. The lowest BCUT2D eigenvalue weighted by Crippen LogP contribution is -2.07. The van der Waals surface area contributed by atoms with Crippen LogP contribution < -0.4 is 10.5 Å². The highest BCUT2D eigenvalue weighted by Crippen LogP contribution is 2.14. The Kier molecular flexibility index (Phi) is 8.26. The van der Waals surface area contributed by atoms with Crippen molar-refractivity contribution in [3.05, 3.63) is 29.8 Å². The summed E-state index contributed by atoms with van der Waals surface area (Å²) in [4.78, 5) is 0. The molecule has 0 saturated carbocycles. The number of rotatable bonds is 10. The van der Waals surface area contributed by atoms with Crippen LogP contribution in [0.4, 0.5) is 0 Å². The van der Waals surface area contributed by atoms with Gasteiger partial charge in [0.05, 0.1) is 6.61 Å². The molecule has 0 aliphatic carbocycles. The first-order valence-electron chi connectivity index (χ1n) is 6.86. The summed E-state index contributed by atoms with van der Waals surface area (Å²) >= 11 is 0. The molecule has 102 valence electrons. The van der Waals surface area contributed by atoms with Gasteiger partial charge in [-0.05, 0) is 43.5 Å². The van der Waals surface area contributed by atoms with E-state index >= 15 is 0 Å². The number of hydrogen-bond donors (Lipinski definition) is 1. The van der Waals surface area contributed by atoms with Crippen LogP contribution in [-0.4, -0.2) is 26.4 Å². The van der Waals surface area contributed by atoms with Crippen LogP contribution in [0.2, 0.25) is 0 Å². The number of aryl methyl sites for hydroxylation is 1. The molecule has 0 amide bonds. The maximum absolute atomic E-state index is 5.65. The van der Waals surface area contributed by atoms with E-state index in [9.17, 15) is 0 Å². The van der Waals surface area contributed by atoms with Crippen molar-refractivity contribution in [1.29, 1.82) is 0 Å². The Bertz CT molecular complexity index is 315. The number of ether oxygens (including phenoxy) is 2. The highest BCUT2D eigenvalue weighted by molar-refractivity contribution is 5.28. The SMILES string of the molecule is CCCCOCCOc1cccc(CCCN)c1. The lowest BCUT2D eigenvalue weighted by Gasteiger charge is -2.08. The Balaban J connectivity index is 2.20. The molecule has 18 heavy (non-hydrogen) atoms. The molecule has 0 aliphatic rings. The normalized spacial score (nSPS) is 10.6. The van der Waals surface area contributed by atoms with E-state index < -0.39 is 0 Å². The van der Waals surface area contributed by atoms with Crippen LogP contribution in [0.1, 0.15) is 31.7 Å². The molecule has 1 rings (SSSR count). The standard InChI is InChI=1S/C15H25NO2/c1-2-3-10-17-11-12-18-15-8-4-6-14(13-15)7-5-9-16/h4,6,8,13H,2-3,5,7,9-12,16H2,1H3. The van der Waals surface area contributed by atoms with Gasteiger partial charge in [-0.2, -0.15) is 0 Å². The third-order valence-electron chi connectivity index (χ3n) is 2.71. The summed E-state index contributed by atoms with van der Waals surface area (Å²) in [7, 11) is 0. The molecule has 1 aromatic rings. The lowest BCUT2D eigenvalue weighted by molar-refractivity contribution is 0.0980. The van der Waals surface area contributed by atoms with Crippen LogP contribution in [0.15, 0.2) is 24.3 Å². The summed E-state index contributed by atoms with van der Waals surface area (Å²) < 4.78 is 11.1. The zero-order valence-electron chi connectivity index (χ0n) is 11.4. The summed E-state index contributed by atoms with van der Waals surface area (Å²) in [5, 5.41) is 0. The maximum Gasteiger partial charge on any atom is 0.119 e. The number of hydrogen-bond acceptors (Lipinski definition) is 3. The smallest absolute Gasteiger partial charge is 0.119 e. The van der Waals surface area contributed by atoms with Gasteiger partial charge in [-0.3, -0.25) is 0 Å². The van der Waals surface area contributed by atoms with E-state index in [0.29, 0.717) is 13.2 Å². The summed E-state index contributed by atoms with van der Waals surface area (Å²) in [5.41, 5.74) is 6.79. The van der Waals surface area contributed by atoms with Crippen molar-refractivity contribution in [3.8, 4) is 5.75 Å². The molecule has 0 atom stereocenters. The van der Waals surface area contributed by atoms with Gasteiger partial charge < -0.3 is 15.2 Å². The number of nitrogens with two attached hydrogens (primary N) is 1. The lowest BCUT2D eigenvalue weighted by atomic mass is 10.1. The van der Waals surface area contributed by atoms with E-state index in [4.69, 9.17) is 15.2 Å². The van der Waals surface area contributed by atoms with Crippen LogP contribution in [0.25, 0.3) is 0 Å². The van der Waals surface area contributed by atoms with E-state index in [1.54, 1.807) is 0 Å². The van der Waals surface area contributed by atoms with E-state index in [0.717, 1.165) is 38.2 Å². The number of benzene rings is 1. The van der Waals surface area contributed by atoms with Crippen molar-refractivity contribution >= 4 is 0 Å². The first-order valence-corrected chi connectivity index (χ1v) is 6.86. The zero-order chi connectivity index (χ0) is 13.1. The Morgan fingerprint density at radius 2 is 2.00 bits per heavy atom. The van der Waals surface area contributed by atoms with Gasteiger partial charge in [0.25, 0.3) is 0 Å².